The predicted octanol–water partition coefficient (Wildman–Crippen LogP) is 1.91. The number of aliphatic hydroxyl groups is 1. The van der Waals surface area contributed by atoms with Crippen LogP contribution in [-0.2, 0) is 14.9 Å². The van der Waals surface area contributed by atoms with Gasteiger partial charge in [0.25, 0.3) is 0 Å². The summed E-state index contributed by atoms with van der Waals surface area (Å²) in [6.45, 7) is 6.44. The molecule has 0 fully saturated rings. The molecule has 2 aliphatic rings. The number of amides is 1. The highest BCUT2D eigenvalue weighted by molar-refractivity contribution is 6.27. The molecule has 0 aromatic heterocycles. The lowest BCUT2D eigenvalue weighted by Crippen LogP contribution is -2.44. The van der Waals surface area contributed by atoms with Crippen LogP contribution < -0.4 is 10.5 Å². The molecule has 8 heteroatoms. The average Bonchev–Trinajstić information content (AvgIpc) is 2.96. The second-order valence-corrected chi connectivity index (χ2v) is 7.88. The van der Waals surface area contributed by atoms with Crippen LogP contribution in [0, 0.1) is 0 Å². The Morgan fingerprint density at radius 2 is 2.03 bits per heavy atom. The van der Waals surface area contributed by atoms with E-state index >= 15 is 0 Å². The molecule has 0 saturated carbocycles. The van der Waals surface area contributed by atoms with E-state index < -0.39 is 35.1 Å². The van der Waals surface area contributed by atoms with E-state index in [0.29, 0.717) is 5.57 Å². The summed E-state index contributed by atoms with van der Waals surface area (Å²) in [5.41, 5.74) is 4.88. The molecule has 0 spiro atoms. The Hall–Kier alpha value is -3.13. The van der Waals surface area contributed by atoms with Crippen molar-refractivity contribution in [2.45, 2.75) is 51.7 Å². The first kappa shape index (κ1) is 21.6. The third kappa shape index (κ3) is 2.90. The number of allylic oxidation sites excluding steroid dienone is 2. The van der Waals surface area contributed by atoms with Crippen LogP contribution in [0.1, 0.15) is 60.4 Å². The number of rotatable bonds is 5. The van der Waals surface area contributed by atoms with Gasteiger partial charge in [0, 0.05) is 22.3 Å². The van der Waals surface area contributed by atoms with Crippen LogP contribution in [0.2, 0.25) is 0 Å². The molecule has 1 aliphatic carbocycles. The maximum Gasteiger partial charge on any atom is 0.244 e. The van der Waals surface area contributed by atoms with Gasteiger partial charge in [-0.2, -0.15) is 0 Å². The van der Waals surface area contributed by atoms with Crippen LogP contribution in [0.15, 0.2) is 29.0 Å². The van der Waals surface area contributed by atoms with Crippen LogP contribution in [0.5, 0.6) is 11.5 Å². The van der Waals surface area contributed by atoms with Crippen molar-refractivity contribution in [1.82, 2.24) is 0 Å². The van der Waals surface area contributed by atoms with Crippen LogP contribution >= 0.6 is 0 Å². The van der Waals surface area contributed by atoms with Crippen LogP contribution in [0.25, 0.3) is 0 Å². The number of carbonyl (C=O) groups excluding carboxylic acids is 3. The first-order valence-corrected chi connectivity index (χ1v) is 9.52. The molecule has 1 aliphatic heterocycles. The van der Waals surface area contributed by atoms with Gasteiger partial charge >= 0.3 is 0 Å². The molecule has 1 aromatic rings. The number of phenolic OH excluding ortho intramolecular Hbond substituents is 1. The van der Waals surface area contributed by atoms with E-state index in [1.165, 1.54) is 26.2 Å². The van der Waals surface area contributed by atoms with Crippen LogP contribution in [-0.4, -0.2) is 47.0 Å². The first-order chi connectivity index (χ1) is 14.0. The highest BCUT2D eigenvalue weighted by atomic mass is 16.5. The van der Waals surface area contributed by atoms with Gasteiger partial charge in [-0.15, -0.1) is 0 Å². The molecule has 1 aromatic carbocycles. The number of ketones is 2. The number of aromatic hydroxyl groups is 1. The summed E-state index contributed by atoms with van der Waals surface area (Å²) in [6.07, 6.45) is -0.0925. The minimum absolute atomic E-state index is 0.00546. The van der Waals surface area contributed by atoms with Crippen molar-refractivity contribution in [2.24, 2.45) is 5.73 Å². The smallest absolute Gasteiger partial charge is 0.244 e. The summed E-state index contributed by atoms with van der Waals surface area (Å²) < 4.78 is 11.0. The van der Waals surface area contributed by atoms with Crippen molar-refractivity contribution in [3.8, 4) is 11.5 Å². The summed E-state index contributed by atoms with van der Waals surface area (Å²) >= 11 is 0. The second-order valence-electron chi connectivity index (χ2n) is 7.88. The summed E-state index contributed by atoms with van der Waals surface area (Å²) in [6, 6.07) is 1.22. The van der Waals surface area contributed by atoms with E-state index in [0.717, 1.165) is 0 Å². The zero-order chi connectivity index (χ0) is 22.5. The minimum atomic E-state index is -1.11. The van der Waals surface area contributed by atoms with Crippen molar-refractivity contribution in [2.75, 3.05) is 7.11 Å². The third-order valence-electron chi connectivity index (χ3n) is 6.23. The molecule has 30 heavy (non-hydrogen) atoms. The molecule has 1 amide bonds. The Labute approximate surface area is 174 Å². The van der Waals surface area contributed by atoms with Gasteiger partial charge in [-0.25, -0.2) is 0 Å². The summed E-state index contributed by atoms with van der Waals surface area (Å²) in [5, 5.41) is 21.7. The Morgan fingerprint density at radius 1 is 1.40 bits per heavy atom. The number of methoxy groups -OCH3 is 1. The molecular formula is C22H25NO7. The zero-order valence-electron chi connectivity index (χ0n) is 17.5. The SMILES string of the molecule is COC1=C(C)C(=O)c2c(cc(O)c3c2O[C@H](C)[C@]3(C)[C@H](O)C/C=C(\C)C(N)=O)C1=O. The molecule has 3 rings (SSSR count). The second kappa shape index (κ2) is 7.28. The lowest BCUT2D eigenvalue weighted by atomic mass is 9.71. The number of ether oxygens (including phenoxy) is 2. The van der Waals surface area contributed by atoms with Gasteiger partial charge < -0.3 is 25.4 Å². The number of hydrogen-bond donors (Lipinski definition) is 3. The largest absolute Gasteiger partial charge is 0.507 e. The quantitative estimate of drug-likeness (QED) is 0.625. The maximum atomic E-state index is 13.0. The third-order valence-corrected chi connectivity index (χ3v) is 6.23. The lowest BCUT2D eigenvalue weighted by Gasteiger charge is -2.33. The fourth-order valence-corrected chi connectivity index (χ4v) is 4.09. The minimum Gasteiger partial charge on any atom is -0.507 e. The van der Waals surface area contributed by atoms with Crippen molar-refractivity contribution < 1.29 is 34.1 Å². The normalized spacial score (nSPS) is 24.3. The molecule has 0 radical (unpaired) electrons. The molecule has 0 unspecified atom stereocenters. The standard InChI is InChI=1S/C22H25NO7/c1-9(21(23)28)6-7-14(25)22(4)11(3)30-20-15-12(8-13(24)16(20)22)18(27)19(29-5)10(2)17(15)26/h6,8,11,14,24-25H,7H2,1-5H3,(H2,23,28)/b9-6+/t11-,14-,22-/m1/s1. The molecule has 3 atom stereocenters. The van der Waals surface area contributed by atoms with E-state index in [2.05, 4.69) is 0 Å². The Morgan fingerprint density at radius 3 is 2.60 bits per heavy atom. The number of carbonyl (C=O) groups is 3. The number of Topliss-reactive ketones (excluding diaryl/α,β-unsaturated/α-hetero) is 2. The number of fused-ring (bicyclic) bond motifs is 3. The van der Waals surface area contributed by atoms with Gasteiger partial charge in [0.05, 0.1) is 24.2 Å². The fraction of sp³-hybridized carbons (Fsp3) is 0.409. The Balaban J connectivity index is 2.16. The number of primary amides is 1. The van der Waals surface area contributed by atoms with E-state index in [4.69, 9.17) is 15.2 Å². The lowest BCUT2D eigenvalue weighted by molar-refractivity contribution is -0.114. The number of aliphatic hydroxyl groups excluding tert-OH is 1. The van der Waals surface area contributed by atoms with E-state index in [9.17, 15) is 24.6 Å². The van der Waals surface area contributed by atoms with Gasteiger partial charge in [-0.3, -0.25) is 14.4 Å². The summed E-state index contributed by atoms with van der Waals surface area (Å²) in [4.78, 5) is 37.0. The van der Waals surface area contributed by atoms with Crippen LogP contribution in [0.4, 0.5) is 0 Å². The van der Waals surface area contributed by atoms with Gasteiger partial charge in [0.2, 0.25) is 11.7 Å². The molecule has 8 nitrogen and oxygen atoms in total. The number of hydrogen-bond acceptors (Lipinski definition) is 7. The van der Waals surface area contributed by atoms with Crippen molar-refractivity contribution in [3.05, 3.63) is 45.7 Å². The van der Waals surface area contributed by atoms with E-state index in [1.54, 1.807) is 20.8 Å². The topological polar surface area (TPSA) is 136 Å². The van der Waals surface area contributed by atoms with E-state index in [-0.39, 0.29) is 45.9 Å². The number of phenols is 1. The predicted molar refractivity (Wildman–Crippen MR) is 107 cm³/mol. The van der Waals surface area contributed by atoms with Gasteiger partial charge in [-0.1, -0.05) is 6.08 Å². The number of benzene rings is 1. The maximum absolute atomic E-state index is 13.0. The van der Waals surface area contributed by atoms with Gasteiger partial charge in [-0.05, 0) is 40.2 Å². The van der Waals surface area contributed by atoms with Crippen molar-refractivity contribution >= 4 is 17.5 Å². The molecule has 4 N–H and O–H groups in total. The van der Waals surface area contributed by atoms with Crippen molar-refractivity contribution in [1.29, 1.82) is 0 Å². The number of nitrogens with two attached hydrogens (primary N) is 1. The highest BCUT2D eigenvalue weighted by Crippen LogP contribution is 2.53. The zero-order valence-corrected chi connectivity index (χ0v) is 17.5. The monoisotopic (exact) mass is 415 g/mol. The highest BCUT2D eigenvalue weighted by Gasteiger charge is 2.52. The summed E-state index contributed by atoms with van der Waals surface area (Å²) in [5.74, 6) is -1.81. The Kier molecular flexibility index (Phi) is 5.24. The summed E-state index contributed by atoms with van der Waals surface area (Å²) in [7, 11) is 1.30. The van der Waals surface area contributed by atoms with E-state index in [1.807, 2.05) is 0 Å². The average molecular weight is 415 g/mol. The molecule has 0 saturated heterocycles. The molecule has 0 bridgehead atoms. The first-order valence-electron chi connectivity index (χ1n) is 9.52. The fourth-order valence-electron chi connectivity index (χ4n) is 4.09. The molecule has 160 valence electrons. The molecule has 1 heterocycles. The van der Waals surface area contributed by atoms with Crippen molar-refractivity contribution in [3.63, 3.8) is 0 Å². The van der Waals surface area contributed by atoms with Gasteiger partial charge in [0.15, 0.2) is 11.5 Å². The molecular weight excluding hydrogens is 390 g/mol. The van der Waals surface area contributed by atoms with Crippen LogP contribution in [0.3, 0.4) is 0 Å². The Bertz CT molecular complexity index is 1040. The van der Waals surface area contributed by atoms with Gasteiger partial charge in [0.1, 0.15) is 17.6 Å².